The van der Waals surface area contributed by atoms with Gasteiger partial charge in [-0.15, -0.1) is 0 Å². The van der Waals surface area contributed by atoms with E-state index in [9.17, 15) is 14.4 Å². The third-order valence-electron chi connectivity index (χ3n) is 2.20. The van der Waals surface area contributed by atoms with Gasteiger partial charge < -0.3 is 25.3 Å². The second kappa shape index (κ2) is 7.17. The Morgan fingerprint density at radius 2 is 2.05 bits per heavy atom. The summed E-state index contributed by atoms with van der Waals surface area (Å²) in [5, 5.41) is 22.0. The van der Waals surface area contributed by atoms with Gasteiger partial charge in [-0.25, -0.2) is 4.79 Å². The average molecular weight is 270 g/mol. The zero-order valence-electron chi connectivity index (χ0n) is 9.96. The Balaban J connectivity index is 2.17. The van der Waals surface area contributed by atoms with Gasteiger partial charge in [0.1, 0.15) is 6.26 Å². The highest BCUT2D eigenvalue weighted by molar-refractivity contribution is 5.94. The molecule has 0 aromatic carbocycles. The lowest BCUT2D eigenvalue weighted by Gasteiger charge is -2.08. The number of nitrogens with one attached hydrogen (secondary N) is 2. The van der Waals surface area contributed by atoms with E-state index in [1.165, 1.54) is 18.6 Å². The summed E-state index contributed by atoms with van der Waals surface area (Å²) in [5.41, 5.74) is 0.349. The highest BCUT2D eigenvalue weighted by Crippen LogP contribution is 1.98. The number of aliphatic carboxylic acids is 1. The summed E-state index contributed by atoms with van der Waals surface area (Å²) >= 11 is 0. The van der Waals surface area contributed by atoms with Crippen LogP contribution >= 0.6 is 0 Å². The number of carboxylic acids is 1. The molecule has 0 bridgehead atoms. The Morgan fingerprint density at radius 1 is 1.32 bits per heavy atom. The first-order chi connectivity index (χ1) is 9.00. The van der Waals surface area contributed by atoms with E-state index in [4.69, 9.17) is 14.6 Å². The van der Waals surface area contributed by atoms with E-state index in [1.54, 1.807) is 0 Å². The number of carbonyl (C=O) groups is 3. The van der Waals surface area contributed by atoms with Gasteiger partial charge in [0.25, 0.3) is 5.91 Å². The number of aliphatic hydroxyl groups is 1. The molecule has 1 atom stereocenters. The molecule has 0 aliphatic rings. The van der Waals surface area contributed by atoms with Gasteiger partial charge >= 0.3 is 5.97 Å². The number of carbonyl (C=O) groups excluding carboxylic acids is 2. The topological polar surface area (TPSA) is 129 Å². The van der Waals surface area contributed by atoms with E-state index in [0.29, 0.717) is 5.56 Å². The van der Waals surface area contributed by atoms with Gasteiger partial charge in [-0.1, -0.05) is 0 Å². The molecule has 0 saturated carbocycles. The Morgan fingerprint density at radius 3 is 2.63 bits per heavy atom. The summed E-state index contributed by atoms with van der Waals surface area (Å²) < 4.78 is 4.73. The smallest absolute Gasteiger partial charge is 0.334 e. The molecule has 104 valence electrons. The predicted octanol–water partition coefficient (Wildman–Crippen LogP) is -1.04. The van der Waals surface area contributed by atoms with E-state index in [2.05, 4.69) is 10.6 Å². The Hall–Kier alpha value is -2.35. The molecule has 0 spiro atoms. The standard InChI is InChI=1S/C11H14N2O6/c14-8(11(17)18)5-13-9(15)1-3-12-10(16)7-2-4-19-6-7/h2,4,6,8,14H,1,3,5H2,(H,12,16)(H,13,15)(H,17,18). The molecule has 1 rings (SSSR count). The highest BCUT2D eigenvalue weighted by Gasteiger charge is 2.14. The van der Waals surface area contributed by atoms with Crippen molar-refractivity contribution in [2.45, 2.75) is 12.5 Å². The summed E-state index contributed by atoms with van der Waals surface area (Å²) in [6, 6.07) is 1.48. The summed E-state index contributed by atoms with van der Waals surface area (Å²) in [6.45, 7) is -0.275. The lowest BCUT2D eigenvalue weighted by molar-refractivity contribution is -0.146. The van der Waals surface area contributed by atoms with Crippen LogP contribution in [-0.2, 0) is 9.59 Å². The van der Waals surface area contributed by atoms with Crippen LogP contribution in [0.5, 0.6) is 0 Å². The first-order valence-corrected chi connectivity index (χ1v) is 5.48. The molecule has 0 aliphatic heterocycles. The van der Waals surface area contributed by atoms with E-state index >= 15 is 0 Å². The van der Waals surface area contributed by atoms with Gasteiger partial charge in [-0.2, -0.15) is 0 Å². The van der Waals surface area contributed by atoms with Crippen LogP contribution in [0.15, 0.2) is 23.0 Å². The molecule has 1 aromatic heterocycles. The van der Waals surface area contributed by atoms with Crippen molar-refractivity contribution < 1.29 is 29.0 Å². The molecule has 1 aromatic rings. The van der Waals surface area contributed by atoms with E-state index < -0.39 is 18.0 Å². The third kappa shape index (κ3) is 5.21. The second-order valence-corrected chi connectivity index (χ2v) is 3.68. The number of amides is 2. The number of furan rings is 1. The molecule has 4 N–H and O–H groups in total. The molecule has 8 heteroatoms. The van der Waals surface area contributed by atoms with Crippen molar-refractivity contribution >= 4 is 17.8 Å². The van der Waals surface area contributed by atoms with Crippen molar-refractivity contribution in [2.24, 2.45) is 0 Å². The van der Waals surface area contributed by atoms with Crippen molar-refractivity contribution in [3.05, 3.63) is 24.2 Å². The highest BCUT2D eigenvalue weighted by atomic mass is 16.4. The first kappa shape index (κ1) is 14.7. The molecule has 8 nitrogen and oxygen atoms in total. The van der Waals surface area contributed by atoms with Gasteiger partial charge in [-0.05, 0) is 6.07 Å². The number of rotatable bonds is 7. The predicted molar refractivity (Wildman–Crippen MR) is 62.3 cm³/mol. The lowest BCUT2D eigenvalue weighted by atomic mass is 10.3. The van der Waals surface area contributed by atoms with Crippen LogP contribution in [0, 0.1) is 0 Å². The van der Waals surface area contributed by atoms with Crippen molar-refractivity contribution in [2.75, 3.05) is 13.1 Å². The number of carboxylic acid groups (broad SMARTS) is 1. The maximum absolute atomic E-state index is 11.4. The molecule has 0 radical (unpaired) electrons. The largest absolute Gasteiger partial charge is 0.479 e. The average Bonchev–Trinajstić information content (AvgIpc) is 2.89. The Kier molecular flexibility index (Phi) is 5.55. The fraction of sp³-hybridized carbons (Fsp3) is 0.364. The summed E-state index contributed by atoms with van der Waals surface area (Å²) in [4.78, 5) is 33.0. The summed E-state index contributed by atoms with van der Waals surface area (Å²) in [6.07, 6.45) is 0.980. The van der Waals surface area contributed by atoms with Crippen molar-refractivity contribution in [1.82, 2.24) is 10.6 Å². The Bertz CT molecular complexity index is 442. The van der Waals surface area contributed by atoms with E-state index in [0.717, 1.165) is 0 Å². The number of hydrogen-bond acceptors (Lipinski definition) is 5. The molecular weight excluding hydrogens is 256 g/mol. The number of hydrogen-bond donors (Lipinski definition) is 4. The number of aliphatic hydroxyl groups excluding tert-OH is 1. The maximum atomic E-state index is 11.4. The van der Waals surface area contributed by atoms with Crippen molar-refractivity contribution in [1.29, 1.82) is 0 Å². The second-order valence-electron chi connectivity index (χ2n) is 3.68. The molecule has 2 amide bonds. The molecule has 1 heterocycles. The van der Waals surface area contributed by atoms with E-state index in [1.807, 2.05) is 0 Å². The fourth-order valence-electron chi connectivity index (χ4n) is 1.17. The zero-order chi connectivity index (χ0) is 14.3. The quantitative estimate of drug-likeness (QED) is 0.501. The van der Waals surface area contributed by atoms with Gasteiger partial charge in [0.05, 0.1) is 18.4 Å². The van der Waals surface area contributed by atoms with Crippen LogP contribution in [0.1, 0.15) is 16.8 Å². The Labute approximate surface area is 108 Å². The van der Waals surface area contributed by atoms with Crippen LogP contribution in [0.25, 0.3) is 0 Å². The van der Waals surface area contributed by atoms with Gasteiger partial charge in [0.15, 0.2) is 6.10 Å². The molecule has 0 saturated heterocycles. The monoisotopic (exact) mass is 270 g/mol. The SMILES string of the molecule is O=C(CCNC(=O)c1ccoc1)NCC(O)C(=O)O. The lowest BCUT2D eigenvalue weighted by Crippen LogP contribution is -2.38. The normalized spacial score (nSPS) is 11.6. The molecule has 0 fully saturated rings. The minimum atomic E-state index is -1.63. The summed E-state index contributed by atoms with van der Waals surface area (Å²) in [7, 11) is 0. The van der Waals surface area contributed by atoms with Crippen LogP contribution in [-0.4, -0.2) is 47.2 Å². The van der Waals surface area contributed by atoms with Crippen LogP contribution in [0.4, 0.5) is 0 Å². The van der Waals surface area contributed by atoms with E-state index in [-0.39, 0.29) is 25.4 Å². The summed E-state index contributed by atoms with van der Waals surface area (Å²) in [5.74, 6) is -2.24. The molecule has 19 heavy (non-hydrogen) atoms. The van der Waals surface area contributed by atoms with Gasteiger partial charge in [0.2, 0.25) is 5.91 Å². The van der Waals surface area contributed by atoms with Crippen LogP contribution in [0.3, 0.4) is 0 Å². The van der Waals surface area contributed by atoms with Crippen LogP contribution < -0.4 is 10.6 Å². The zero-order valence-corrected chi connectivity index (χ0v) is 9.96. The van der Waals surface area contributed by atoms with Gasteiger partial charge in [0, 0.05) is 13.0 Å². The third-order valence-corrected chi connectivity index (χ3v) is 2.20. The first-order valence-electron chi connectivity index (χ1n) is 5.48. The molecule has 0 aliphatic carbocycles. The molecular formula is C11H14N2O6. The minimum Gasteiger partial charge on any atom is -0.479 e. The van der Waals surface area contributed by atoms with Gasteiger partial charge in [-0.3, -0.25) is 9.59 Å². The fourth-order valence-corrected chi connectivity index (χ4v) is 1.17. The van der Waals surface area contributed by atoms with Crippen molar-refractivity contribution in [3.63, 3.8) is 0 Å². The van der Waals surface area contributed by atoms with Crippen LogP contribution in [0.2, 0.25) is 0 Å². The maximum Gasteiger partial charge on any atom is 0.334 e. The minimum absolute atomic E-state index is 0.0179. The molecule has 1 unspecified atom stereocenters. The van der Waals surface area contributed by atoms with Crippen molar-refractivity contribution in [3.8, 4) is 0 Å².